The van der Waals surface area contributed by atoms with Gasteiger partial charge in [-0.05, 0) is 32.0 Å². The lowest BCUT2D eigenvalue weighted by Crippen LogP contribution is -2.11. The summed E-state index contributed by atoms with van der Waals surface area (Å²) in [6, 6.07) is 4.13. The molecule has 5 heteroatoms. The molecule has 3 rings (SSSR count). The van der Waals surface area contributed by atoms with Gasteiger partial charge in [-0.25, -0.2) is 0 Å². The Hall–Kier alpha value is -1.62. The summed E-state index contributed by atoms with van der Waals surface area (Å²) < 4.78 is 7.38. The minimum Gasteiger partial charge on any atom is -0.342 e. The van der Waals surface area contributed by atoms with E-state index in [4.69, 9.17) is 4.52 Å². The van der Waals surface area contributed by atoms with Crippen LogP contribution >= 0.6 is 0 Å². The van der Waals surface area contributed by atoms with Crippen molar-refractivity contribution in [3.05, 3.63) is 35.7 Å². The minimum absolute atomic E-state index is 0.526. The van der Waals surface area contributed by atoms with Crippen LogP contribution in [0.1, 0.15) is 36.2 Å². The van der Waals surface area contributed by atoms with Gasteiger partial charge in [0.25, 0.3) is 0 Å². The maximum absolute atomic E-state index is 5.25. The Kier molecular flexibility index (Phi) is 2.68. The molecule has 1 fully saturated rings. The average Bonchev–Trinajstić information content (AvgIpc) is 2.93. The van der Waals surface area contributed by atoms with E-state index in [1.54, 1.807) is 0 Å². The van der Waals surface area contributed by atoms with Gasteiger partial charge >= 0.3 is 0 Å². The number of hydrogen-bond donors (Lipinski definition) is 1. The lowest BCUT2D eigenvalue weighted by molar-refractivity contribution is 0.373. The second kappa shape index (κ2) is 4.33. The molecule has 0 amide bonds. The Morgan fingerprint density at radius 1 is 1.53 bits per heavy atom. The molecule has 0 spiro atoms. The normalized spacial score (nSPS) is 15.4. The zero-order chi connectivity index (χ0) is 11.7. The third-order valence-corrected chi connectivity index (χ3v) is 3.00. The molecule has 17 heavy (non-hydrogen) atoms. The highest BCUT2D eigenvalue weighted by atomic mass is 16.5. The molecule has 90 valence electrons. The monoisotopic (exact) mass is 232 g/mol. The van der Waals surface area contributed by atoms with Gasteiger partial charge in [-0.2, -0.15) is 4.98 Å². The van der Waals surface area contributed by atoms with E-state index in [9.17, 15) is 0 Å². The van der Waals surface area contributed by atoms with Crippen molar-refractivity contribution in [2.45, 2.75) is 31.8 Å². The molecule has 0 unspecified atom stereocenters. The highest BCUT2D eigenvalue weighted by molar-refractivity contribution is 5.09. The van der Waals surface area contributed by atoms with Crippen LogP contribution in [-0.2, 0) is 13.1 Å². The van der Waals surface area contributed by atoms with Gasteiger partial charge in [0.1, 0.15) is 0 Å². The maximum Gasteiger partial charge on any atom is 0.229 e. The first kappa shape index (κ1) is 10.5. The van der Waals surface area contributed by atoms with Gasteiger partial charge in [0, 0.05) is 24.4 Å². The van der Waals surface area contributed by atoms with Crippen molar-refractivity contribution in [3.63, 3.8) is 0 Å². The fourth-order valence-electron chi connectivity index (χ4n) is 1.93. The van der Waals surface area contributed by atoms with Gasteiger partial charge in [-0.15, -0.1) is 0 Å². The van der Waals surface area contributed by atoms with Crippen molar-refractivity contribution in [2.75, 3.05) is 7.05 Å². The molecule has 1 aliphatic carbocycles. The van der Waals surface area contributed by atoms with Gasteiger partial charge < -0.3 is 14.4 Å². The largest absolute Gasteiger partial charge is 0.342 e. The van der Waals surface area contributed by atoms with E-state index in [1.165, 1.54) is 18.5 Å². The molecule has 0 aliphatic heterocycles. The summed E-state index contributed by atoms with van der Waals surface area (Å²) in [7, 11) is 1.94. The summed E-state index contributed by atoms with van der Waals surface area (Å²) in [5.74, 6) is 2.10. The van der Waals surface area contributed by atoms with Crippen molar-refractivity contribution < 1.29 is 4.52 Å². The molecule has 0 bridgehead atoms. The number of nitrogens with zero attached hydrogens (tertiary/aromatic N) is 3. The molecule has 1 N–H and O–H groups in total. The Morgan fingerprint density at radius 3 is 3.18 bits per heavy atom. The van der Waals surface area contributed by atoms with E-state index in [2.05, 4.69) is 26.1 Å². The van der Waals surface area contributed by atoms with E-state index in [0.29, 0.717) is 12.5 Å². The fourth-order valence-corrected chi connectivity index (χ4v) is 1.93. The van der Waals surface area contributed by atoms with E-state index >= 15 is 0 Å². The second-order valence-corrected chi connectivity index (χ2v) is 4.48. The number of nitrogens with one attached hydrogen (secondary N) is 1. The van der Waals surface area contributed by atoms with E-state index < -0.39 is 0 Å². The van der Waals surface area contributed by atoms with Crippen LogP contribution in [-0.4, -0.2) is 21.8 Å². The smallest absolute Gasteiger partial charge is 0.229 e. The van der Waals surface area contributed by atoms with Crippen LogP contribution in [0.5, 0.6) is 0 Å². The molecule has 5 nitrogen and oxygen atoms in total. The highest BCUT2D eigenvalue weighted by Gasteiger charge is 2.29. The second-order valence-electron chi connectivity index (χ2n) is 4.48. The van der Waals surface area contributed by atoms with Crippen LogP contribution in [0.15, 0.2) is 22.9 Å². The molecule has 2 aromatic heterocycles. The van der Waals surface area contributed by atoms with E-state index in [-0.39, 0.29) is 0 Å². The van der Waals surface area contributed by atoms with Crippen LogP contribution in [0.3, 0.4) is 0 Å². The standard InChI is InChI=1S/C12H16N4O/c1-13-7-10-3-2-6-16(10)8-11-14-12(17-15-11)9-4-5-9/h2-3,6,9,13H,4-5,7-8H2,1H3. The molecule has 2 aromatic rings. The third-order valence-electron chi connectivity index (χ3n) is 3.00. The van der Waals surface area contributed by atoms with Crippen LogP contribution in [0.4, 0.5) is 0 Å². The Labute approximate surface area is 99.8 Å². The molecule has 0 atom stereocenters. The predicted molar refractivity (Wildman–Crippen MR) is 62.6 cm³/mol. The average molecular weight is 232 g/mol. The molecule has 1 aliphatic rings. The van der Waals surface area contributed by atoms with Crippen molar-refractivity contribution in [1.29, 1.82) is 0 Å². The molecule has 0 aromatic carbocycles. The number of aromatic nitrogens is 3. The van der Waals surface area contributed by atoms with E-state index in [1.807, 2.05) is 19.3 Å². The topological polar surface area (TPSA) is 55.9 Å². The van der Waals surface area contributed by atoms with Gasteiger partial charge in [0.05, 0.1) is 6.54 Å². The zero-order valence-electron chi connectivity index (χ0n) is 9.89. The zero-order valence-corrected chi connectivity index (χ0v) is 9.89. The van der Waals surface area contributed by atoms with Crippen molar-refractivity contribution >= 4 is 0 Å². The lowest BCUT2D eigenvalue weighted by atomic mass is 10.4. The minimum atomic E-state index is 0.526. The Bertz CT molecular complexity index is 498. The van der Waals surface area contributed by atoms with Gasteiger partial charge in [0.2, 0.25) is 5.89 Å². The van der Waals surface area contributed by atoms with Crippen LogP contribution in [0, 0.1) is 0 Å². The van der Waals surface area contributed by atoms with Crippen LogP contribution in [0.2, 0.25) is 0 Å². The first-order valence-electron chi connectivity index (χ1n) is 5.98. The summed E-state index contributed by atoms with van der Waals surface area (Å²) in [6.07, 6.45) is 4.42. The number of rotatable bonds is 5. The Balaban J connectivity index is 1.73. The molecule has 1 saturated carbocycles. The number of hydrogen-bond acceptors (Lipinski definition) is 4. The highest BCUT2D eigenvalue weighted by Crippen LogP contribution is 2.38. The maximum atomic E-state index is 5.25. The van der Waals surface area contributed by atoms with Crippen molar-refractivity contribution in [3.8, 4) is 0 Å². The van der Waals surface area contributed by atoms with Gasteiger partial charge in [-0.3, -0.25) is 0 Å². The Morgan fingerprint density at radius 2 is 2.41 bits per heavy atom. The summed E-state index contributed by atoms with van der Waals surface area (Å²) in [5, 5.41) is 7.17. The summed E-state index contributed by atoms with van der Waals surface area (Å²) in [5.41, 5.74) is 1.23. The molecular weight excluding hydrogens is 216 g/mol. The first-order valence-corrected chi connectivity index (χ1v) is 5.98. The van der Waals surface area contributed by atoms with E-state index in [0.717, 1.165) is 18.3 Å². The molecular formula is C12H16N4O. The summed E-state index contributed by atoms with van der Waals surface area (Å²) >= 11 is 0. The van der Waals surface area contributed by atoms with Gasteiger partial charge in [-0.1, -0.05) is 5.16 Å². The summed E-state index contributed by atoms with van der Waals surface area (Å²) in [4.78, 5) is 4.43. The van der Waals surface area contributed by atoms with Crippen LogP contribution in [0.25, 0.3) is 0 Å². The van der Waals surface area contributed by atoms with Crippen LogP contribution < -0.4 is 5.32 Å². The van der Waals surface area contributed by atoms with Gasteiger partial charge in [0.15, 0.2) is 5.82 Å². The molecule has 0 radical (unpaired) electrons. The third kappa shape index (κ3) is 2.24. The molecule has 2 heterocycles. The quantitative estimate of drug-likeness (QED) is 0.849. The predicted octanol–water partition coefficient (Wildman–Crippen LogP) is 1.52. The van der Waals surface area contributed by atoms with Crippen molar-refractivity contribution in [1.82, 2.24) is 20.0 Å². The summed E-state index contributed by atoms with van der Waals surface area (Å²) in [6.45, 7) is 1.53. The molecule has 0 saturated heterocycles. The SMILES string of the molecule is CNCc1cccn1Cc1noc(C2CC2)n1. The van der Waals surface area contributed by atoms with Crippen molar-refractivity contribution in [2.24, 2.45) is 0 Å². The fraction of sp³-hybridized carbons (Fsp3) is 0.500. The first-order chi connectivity index (χ1) is 8.36. The lowest BCUT2D eigenvalue weighted by Gasteiger charge is -2.05.